The summed E-state index contributed by atoms with van der Waals surface area (Å²) in [6.07, 6.45) is 5.47. The van der Waals surface area contributed by atoms with Gasteiger partial charge in [0.05, 0.1) is 6.10 Å². The van der Waals surface area contributed by atoms with Gasteiger partial charge in [-0.1, -0.05) is 0 Å². The van der Waals surface area contributed by atoms with Crippen LogP contribution in [0.5, 0.6) is 0 Å². The molecule has 0 heterocycles. The van der Waals surface area contributed by atoms with Gasteiger partial charge in [0.15, 0.2) is 0 Å². The molecule has 0 amide bonds. The molecule has 2 nitrogen and oxygen atoms in total. The number of fused-ring (bicyclic) bond motifs is 1. The van der Waals surface area contributed by atoms with E-state index in [9.17, 15) is 0 Å². The molecule has 0 aliphatic heterocycles. The third-order valence-corrected chi connectivity index (χ3v) is 3.66. The first kappa shape index (κ1) is 9.47. The van der Waals surface area contributed by atoms with Crippen LogP contribution in [0.3, 0.4) is 0 Å². The first-order valence-corrected chi connectivity index (χ1v) is 5.51. The summed E-state index contributed by atoms with van der Waals surface area (Å²) >= 11 is 0. The van der Waals surface area contributed by atoms with Crippen LogP contribution in [0.4, 0.5) is 0 Å². The van der Waals surface area contributed by atoms with E-state index >= 15 is 0 Å². The second kappa shape index (κ2) is 3.25. The lowest BCUT2D eigenvalue weighted by Gasteiger charge is -2.20. The molecule has 0 saturated heterocycles. The summed E-state index contributed by atoms with van der Waals surface area (Å²) in [4.78, 5) is 0. The van der Waals surface area contributed by atoms with Crippen molar-refractivity contribution in [2.75, 3.05) is 6.61 Å². The van der Waals surface area contributed by atoms with Gasteiger partial charge >= 0.3 is 0 Å². The summed E-state index contributed by atoms with van der Waals surface area (Å²) in [6.45, 7) is 5.14. The number of hydrogen-bond acceptors (Lipinski definition) is 2. The van der Waals surface area contributed by atoms with Crippen molar-refractivity contribution < 1.29 is 4.74 Å². The molecule has 2 aliphatic rings. The van der Waals surface area contributed by atoms with Crippen LogP contribution in [0.1, 0.15) is 39.5 Å². The predicted octanol–water partition coefficient (Wildman–Crippen LogP) is 1.93. The maximum atomic E-state index is 6.15. The van der Waals surface area contributed by atoms with Gasteiger partial charge in [-0.25, -0.2) is 0 Å². The minimum Gasteiger partial charge on any atom is -0.378 e. The molecule has 0 aromatic carbocycles. The molecular formula is C11H21NO. The van der Waals surface area contributed by atoms with Gasteiger partial charge in [-0.2, -0.15) is 0 Å². The highest BCUT2D eigenvalue weighted by Gasteiger charge is 2.45. The van der Waals surface area contributed by atoms with Crippen LogP contribution in [0.25, 0.3) is 0 Å². The lowest BCUT2D eigenvalue weighted by molar-refractivity contribution is 0.0605. The van der Waals surface area contributed by atoms with Gasteiger partial charge in [0.1, 0.15) is 0 Å². The average molecular weight is 183 g/mol. The normalized spacial score (nSPS) is 49.6. The monoisotopic (exact) mass is 183 g/mol. The van der Waals surface area contributed by atoms with Crippen molar-refractivity contribution in [1.29, 1.82) is 0 Å². The summed E-state index contributed by atoms with van der Waals surface area (Å²) < 4.78 is 5.67. The number of hydrogen-bond donors (Lipinski definition) is 1. The zero-order valence-electron chi connectivity index (χ0n) is 8.75. The molecule has 13 heavy (non-hydrogen) atoms. The van der Waals surface area contributed by atoms with E-state index in [1.165, 1.54) is 25.7 Å². The fourth-order valence-corrected chi connectivity index (χ4v) is 3.31. The van der Waals surface area contributed by atoms with Gasteiger partial charge in [-0.3, -0.25) is 0 Å². The Kier molecular flexibility index (Phi) is 2.37. The summed E-state index contributed by atoms with van der Waals surface area (Å²) in [5, 5.41) is 0. The maximum Gasteiger partial charge on any atom is 0.0580 e. The first-order valence-electron chi connectivity index (χ1n) is 5.51. The molecule has 0 unspecified atom stereocenters. The Labute approximate surface area is 80.8 Å². The van der Waals surface area contributed by atoms with Crippen LogP contribution in [0.15, 0.2) is 0 Å². The Hall–Kier alpha value is -0.0800. The zero-order chi connectivity index (χ0) is 9.47. The van der Waals surface area contributed by atoms with Crippen molar-refractivity contribution in [1.82, 2.24) is 0 Å². The van der Waals surface area contributed by atoms with Crippen LogP contribution < -0.4 is 5.73 Å². The van der Waals surface area contributed by atoms with Gasteiger partial charge in [0.2, 0.25) is 0 Å². The summed E-state index contributed by atoms with van der Waals surface area (Å²) in [5.41, 5.74) is 6.26. The van der Waals surface area contributed by atoms with E-state index in [1.54, 1.807) is 0 Å². The van der Waals surface area contributed by atoms with Crippen molar-refractivity contribution in [3.05, 3.63) is 0 Å². The van der Waals surface area contributed by atoms with E-state index in [-0.39, 0.29) is 5.54 Å². The molecule has 2 fully saturated rings. The van der Waals surface area contributed by atoms with Crippen LogP contribution in [0, 0.1) is 11.8 Å². The molecule has 0 aromatic rings. The van der Waals surface area contributed by atoms with E-state index < -0.39 is 0 Å². The summed E-state index contributed by atoms with van der Waals surface area (Å²) in [7, 11) is 0. The molecule has 4 atom stereocenters. The summed E-state index contributed by atoms with van der Waals surface area (Å²) in [6, 6.07) is 0. The minimum atomic E-state index is 0.118. The molecule has 0 radical (unpaired) electrons. The Balaban J connectivity index is 1.90. The van der Waals surface area contributed by atoms with Crippen molar-refractivity contribution in [3.63, 3.8) is 0 Å². The second-order valence-corrected chi connectivity index (χ2v) is 5.13. The summed E-state index contributed by atoms with van der Waals surface area (Å²) in [5.74, 6) is 1.71. The second-order valence-electron chi connectivity index (χ2n) is 5.13. The first-order chi connectivity index (χ1) is 6.11. The van der Waals surface area contributed by atoms with Crippen LogP contribution in [-0.4, -0.2) is 18.2 Å². The van der Waals surface area contributed by atoms with E-state index in [4.69, 9.17) is 10.5 Å². The van der Waals surface area contributed by atoms with E-state index in [1.807, 2.05) is 0 Å². The SMILES string of the molecule is CCO[C@@H]1C[C@@H]2C[C@](C)(N)C[C@@H]2C1. The third kappa shape index (κ3) is 1.89. The fraction of sp³-hybridized carbons (Fsp3) is 1.00. The molecule has 0 bridgehead atoms. The van der Waals surface area contributed by atoms with Crippen molar-refractivity contribution >= 4 is 0 Å². The van der Waals surface area contributed by atoms with Gasteiger partial charge in [-0.05, 0) is 51.4 Å². The van der Waals surface area contributed by atoms with Crippen molar-refractivity contribution in [3.8, 4) is 0 Å². The molecule has 0 aromatic heterocycles. The average Bonchev–Trinajstić information content (AvgIpc) is 2.41. The predicted molar refractivity (Wildman–Crippen MR) is 53.5 cm³/mol. The van der Waals surface area contributed by atoms with Crippen molar-refractivity contribution in [2.24, 2.45) is 17.6 Å². The highest BCUT2D eigenvalue weighted by molar-refractivity contribution is 5.00. The molecule has 2 N–H and O–H groups in total. The molecule has 2 heteroatoms. The van der Waals surface area contributed by atoms with E-state index in [2.05, 4.69) is 13.8 Å². The molecule has 2 rings (SSSR count). The van der Waals surface area contributed by atoms with Gasteiger partial charge in [0, 0.05) is 12.1 Å². The fourth-order valence-electron chi connectivity index (χ4n) is 3.31. The maximum absolute atomic E-state index is 6.15. The minimum absolute atomic E-state index is 0.118. The molecular weight excluding hydrogens is 162 g/mol. The number of ether oxygens (including phenoxy) is 1. The Morgan fingerprint density at radius 2 is 1.85 bits per heavy atom. The molecule has 0 spiro atoms. The molecule has 2 saturated carbocycles. The quantitative estimate of drug-likeness (QED) is 0.710. The van der Waals surface area contributed by atoms with E-state index in [0.29, 0.717) is 6.10 Å². The Morgan fingerprint density at radius 3 is 2.31 bits per heavy atom. The number of rotatable bonds is 2. The largest absolute Gasteiger partial charge is 0.378 e. The number of nitrogens with two attached hydrogens (primary N) is 1. The Morgan fingerprint density at radius 1 is 1.31 bits per heavy atom. The van der Waals surface area contributed by atoms with Crippen LogP contribution in [0.2, 0.25) is 0 Å². The lowest BCUT2D eigenvalue weighted by atomic mass is 9.97. The molecule has 2 aliphatic carbocycles. The van der Waals surface area contributed by atoms with Gasteiger partial charge in [0.25, 0.3) is 0 Å². The lowest BCUT2D eigenvalue weighted by Crippen LogP contribution is -2.33. The third-order valence-electron chi connectivity index (χ3n) is 3.66. The van der Waals surface area contributed by atoms with Crippen LogP contribution >= 0.6 is 0 Å². The van der Waals surface area contributed by atoms with Crippen LogP contribution in [-0.2, 0) is 4.74 Å². The zero-order valence-corrected chi connectivity index (χ0v) is 8.75. The highest BCUT2D eigenvalue weighted by Crippen LogP contribution is 2.48. The van der Waals surface area contributed by atoms with Gasteiger partial charge in [-0.15, -0.1) is 0 Å². The van der Waals surface area contributed by atoms with Gasteiger partial charge < -0.3 is 10.5 Å². The van der Waals surface area contributed by atoms with E-state index in [0.717, 1.165) is 18.4 Å². The van der Waals surface area contributed by atoms with Crippen molar-refractivity contribution in [2.45, 2.75) is 51.2 Å². The topological polar surface area (TPSA) is 35.2 Å². The Bertz CT molecular complexity index is 175. The highest BCUT2D eigenvalue weighted by atomic mass is 16.5. The standard InChI is InChI=1S/C11H21NO/c1-3-13-10-4-8-6-11(2,12)7-9(8)5-10/h8-10H,3-7,12H2,1-2H3/t8-,9+,10-,11+. The smallest absolute Gasteiger partial charge is 0.0580 e. The molecule has 76 valence electrons.